The minimum Gasteiger partial charge on any atom is -0.484 e. The molecule has 7 heteroatoms. The van der Waals surface area contributed by atoms with Crippen molar-refractivity contribution in [2.24, 2.45) is 0 Å². The number of carbonyl (C=O) groups is 1. The number of hydrogen-bond donors (Lipinski definition) is 1. The SMILES string of the molecule is O=C(COc1cccc(Cl)c1)Nc1cccc(-c2nnc3n2CCCCC3)c1. The van der Waals surface area contributed by atoms with Crippen LogP contribution in [0.1, 0.15) is 25.1 Å². The number of benzene rings is 2. The van der Waals surface area contributed by atoms with E-state index in [1.807, 2.05) is 24.3 Å². The summed E-state index contributed by atoms with van der Waals surface area (Å²) < 4.78 is 7.68. The largest absolute Gasteiger partial charge is 0.484 e. The standard InChI is InChI=1S/C21H21ClN4O2/c22-16-7-5-9-18(13-16)28-14-20(27)23-17-8-4-6-15(12-17)21-25-24-19-10-2-1-3-11-26(19)21/h4-9,12-13H,1-3,10-11,14H2,(H,23,27). The van der Waals surface area contributed by atoms with Crippen LogP contribution < -0.4 is 10.1 Å². The lowest BCUT2D eigenvalue weighted by Crippen LogP contribution is -2.20. The number of nitrogens with zero attached hydrogens (tertiary/aromatic N) is 3. The molecule has 0 radical (unpaired) electrons. The lowest BCUT2D eigenvalue weighted by atomic mass is 10.2. The summed E-state index contributed by atoms with van der Waals surface area (Å²) in [4.78, 5) is 12.2. The second-order valence-electron chi connectivity index (χ2n) is 6.78. The normalized spacial score (nSPS) is 13.5. The number of ether oxygens (including phenoxy) is 1. The zero-order chi connectivity index (χ0) is 19.3. The van der Waals surface area contributed by atoms with Crippen LogP contribution in [0.5, 0.6) is 5.75 Å². The highest BCUT2D eigenvalue weighted by atomic mass is 35.5. The van der Waals surface area contributed by atoms with Crippen LogP contribution in [-0.2, 0) is 17.8 Å². The molecule has 0 saturated heterocycles. The Kier molecular flexibility index (Phi) is 5.58. The molecule has 0 saturated carbocycles. The maximum absolute atomic E-state index is 12.2. The van der Waals surface area contributed by atoms with E-state index in [2.05, 4.69) is 20.1 Å². The molecule has 1 aliphatic heterocycles. The van der Waals surface area contributed by atoms with Gasteiger partial charge >= 0.3 is 0 Å². The van der Waals surface area contributed by atoms with E-state index in [0.717, 1.165) is 43.0 Å². The Hall–Kier alpha value is -2.86. The van der Waals surface area contributed by atoms with Crippen molar-refractivity contribution in [1.82, 2.24) is 14.8 Å². The Morgan fingerprint density at radius 1 is 1.11 bits per heavy atom. The summed E-state index contributed by atoms with van der Waals surface area (Å²) in [5, 5.41) is 12.2. The van der Waals surface area contributed by atoms with E-state index >= 15 is 0 Å². The molecule has 1 aromatic heterocycles. The number of rotatable bonds is 5. The molecule has 0 unspecified atom stereocenters. The van der Waals surface area contributed by atoms with Gasteiger partial charge in [-0.05, 0) is 43.2 Å². The van der Waals surface area contributed by atoms with Crippen LogP contribution in [0.15, 0.2) is 48.5 Å². The van der Waals surface area contributed by atoms with Gasteiger partial charge in [0.1, 0.15) is 11.6 Å². The number of nitrogens with one attached hydrogen (secondary N) is 1. The Bertz CT molecular complexity index is 986. The fourth-order valence-corrected chi connectivity index (χ4v) is 3.52. The van der Waals surface area contributed by atoms with Crippen LogP contribution in [0.25, 0.3) is 11.4 Å². The third-order valence-corrected chi connectivity index (χ3v) is 4.92. The van der Waals surface area contributed by atoms with Gasteiger partial charge in [0.25, 0.3) is 5.91 Å². The molecular formula is C21H21ClN4O2. The number of fused-ring (bicyclic) bond motifs is 1. The minimum absolute atomic E-state index is 0.0924. The summed E-state index contributed by atoms with van der Waals surface area (Å²) in [6, 6.07) is 14.6. The van der Waals surface area contributed by atoms with Crippen LogP contribution in [0.4, 0.5) is 5.69 Å². The monoisotopic (exact) mass is 396 g/mol. The number of halogens is 1. The van der Waals surface area contributed by atoms with Gasteiger partial charge in [0.2, 0.25) is 0 Å². The summed E-state index contributed by atoms with van der Waals surface area (Å²) in [5.41, 5.74) is 1.64. The molecular weight excluding hydrogens is 376 g/mol. The van der Waals surface area contributed by atoms with Crippen LogP contribution in [0.3, 0.4) is 0 Å². The minimum atomic E-state index is -0.239. The first-order valence-corrected chi connectivity index (χ1v) is 9.77. The Morgan fingerprint density at radius 3 is 2.89 bits per heavy atom. The summed E-state index contributed by atoms with van der Waals surface area (Å²) >= 11 is 5.92. The Balaban J connectivity index is 1.44. The number of amides is 1. The van der Waals surface area contributed by atoms with Crippen molar-refractivity contribution >= 4 is 23.2 Å². The summed E-state index contributed by atoms with van der Waals surface area (Å²) in [7, 11) is 0. The van der Waals surface area contributed by atoms with E-state index in [4.69, 9.17) is 16.3 Å². The molecule has 6 nitrogen and oxygen atoms in total. The molecule has 0 fully saturated rings. The highest BCUT2D eigenvalue weighted by molar-refractivity contribution is 6.30. The van der Waals surface area contributed by atoms with Crippen molar-refractivity contribution < 1.29 is 9.53 Å². The van der Waals surface area contributed by atoms with Gasteiger partial charge in [0.15, 0.2) is 12.4 Å². The summed E-state index contributed by atoms with van der Waals surface area (Å²) in [6.45, 7) is 0.840. The first kappa shape index (κ1) is 18.5. The van der Waals surface area contributed by atoms with Crippen molar-refractivity contribution in [3.8, 4) is 17.1 Å². The highest BCUT2D eigenvalue weighted by Crippen LogP contribution is 2.25. The molecule has 144 valence electrons. The number of aryl methyl sites for hydroxylation is 1. The van der Waals surface area contributed by atoms with Crippen LogP contribution in [-0.4, -0.2) is 27.3 Å². The third-order valence-electron chi connectivity index (χ3n) is 4.68. The van der Waals surface area contributed by atoms with Gasteiger partial charge in [-0.15, -0.1) is 10.2 Å². The van der Waals surface area contributed by atoms with E-state index in [9.17, 15) is 4.79 Å². The van der Waals surface area contributed by atoms with Crippen LogP contribution >= 0.6 is 11.6 Å². The number of carbonyl (C=O) groups excluding carboxylic acids is 1. The van der Waals surface area contributed by atoms with Gasteiger partial charge in [-0.1, -0.05) is 36.2 Å². The molecule has 2 aromatic carbocycles. The van der Waals surface area contributed by atoms with Crippen molar-refractivity contribution in [3.63, 3.8) is 0 Å². The lowest BCUT2D eigenvalue weighted by Gasteiger charge is -2.10. The van der Waals surface area contributed by atoms with Crippen molar-refractivity contribution in [3.05, 3.63) is 59.4 Å². The van der Waals surface area contributed by atoms with Gasteiger partial charge in [0, 0.05) is 29.2 Å². The van der Waals surface area contributed by atoms with Crippen LogP contribution in [0.2, 0.25) is 5.02 Å². The average molecular weight is 397 g/mol. The third kappa shape index (κ3) is 4.34. The molecule has 28 heavy (non-hydrogen) atoms. The Morgan fingerprint density at radius 2 is 2.00 bits per heavy atom. The summed E-state index contributed by atoms with van der Waals surface area (Å²) in [5.74, 6) is 2.21. The second kappa shape index (κ2) is 8.44. The molecule has 2 heterocycles. The van der Waals surface area contributed by atoms with E-state index in [0.29, 0.717) is 16.5 Å². The van der Waals surface area contributed by atoms with E-state index in [1.165, 1.54) is 6.42 Å². The summed E-state index contributed by atoms with van der Waals surface area (Å²) in [6.07, 6.45) is 4.46. The zero-order valence-electron chi connectivity index (χ0n) is 15.4. The topological polar surface area (TPSA) is 69.0 Å². The van der Waals surface area contributed by atoms with Gasteiger partial charge in [-0.25, -0.2) is 0 Å². The van der Waals surface area contributed by atoms with Gasteiger partial charge in [-0.2, -0.15) is 0 Å². The van der Waals surface area contributed by atoms with Crippen molar-refractivity contribution in [1.29, 1.82) is 0 Å². The first-order chi connectivity index (χ1) is 13.7. The van der Waals surface area contributed by atoms with Gasteiger partial charge in [-0.3, -0.25) is 4.79 Å². The molecule has 0 atom stereocenters. The molecule has 4 rings (SSSR count). The quantitative estimate of drug-likeness (QED) is 0.696. The van der Waals surface area contributed by atoms with E-state index in [-0.39, 0.29) is 12.5 Å². The molecule has 0 bridgehead atoms. The van der Waals surface area contributed by atoms with Crippen LogP contribution in [0, 0.1) is 0 Å². The second-order valence-corrected chi connectivity index (χ2v) is 7.21. The van der Waals surface area contributed by atoms with Crippen molar-refractivity contribution in [2.75, 3.05) is 11.9 Å². The molecule has 3 aromatic rings. The fourth-order valence-electron chi connectivity index (χ4n) is 3.34. The molecule has 1 N–H and O–H groups in total. The van der Waals surface area contributed by atoms with Crippen molar-refractivity contribution in [2.45, 2.75) is 32.2 Å². The first-order valence-electron chi connectivity index (χ1n) is 9.40. The lowest BCUT2D eigenvalue weighted by molar-refractivity contribution is -0.118. The maximum Gasteiger partial charge on any atom is 0.262 e. The maximum atomic E-state index is 12.2. The predicted octanol–water partition coefficient (Wildman–Crippen LogP) is 4.34. The number of aromatic nitrogens is 3. The van der Waals surface area contributed by atoms with Gasteiger partial charge in [0.05, 0.1) is 0 Å². The smallest absolute Gasteiger partial charge is 0.262 e. The fraction of sp³-hybridized carbons (Fsp3) is 0.286. The predicted molar refractivity (Wildman–Crippen MR) is 109 cm³/mol. The molecule has 0 spiro atoms. The van der Waals surface area contributed by atoms with E-state index in [1.54, 1.807) is 24.3 Å². The van der Waals surface area contributed by atoms with E-state index < -0.39 is 0 Å². The zero-order valence-corrected chi connectivity index (χ0v) is 16.2. The highest BCUT2D eigenvalue weighted by Gasteiger charge is 2.16. The average Bonchev–Trinajstić information content (AvgIpc) is 2.95. The molecule has 0 aliphatic carbocycles. The van der Waals surface area contributed by atoms with Gasteiger partial charge < -0.3 is 14.6 Å². The number of hydrogen-bond acceptors (Lipinski definition) is 4. The Labute approximate surface area is 168 Å². The molecule has 1 amide bonds. The molecule has 1 aliphatic rings. The number of anilines is 1.